The fourth-order valence-electron chi connectivity index (χ4n) is 4.47. The van der Waals surface area contributed by atoms with Gasteiger partial charge in [0.15, 0.2) is 0 Å². The molecule has 2 bridgehead atoms. The second kappa shape index (κ2) is 7.64. The number of hydrogen-bond acceptors (Lipinski definition) is 5. The number of pyridine rings is 1. The van der Waals surface area contributed by atoms with Crippen LogP contribution in [0.1, 0.15) is 59.0 Å². The summed E-state index contributed by atoms with van der Waals surface area (Å²) in [5, 5.41) is 6.47. The molecular weight excluding hydrogens is 378 g/mol. The average molecular weight is 402 g/mol. The molecule has 28 heavy (non-hydrogen) atoms. The van der Waals surface area contributed by atoms with E-state index in [1.165, 1.54) is 0 Å². The van der Waals surface area contributed by atoms with Crippen LogP contribution in [0, 0.1) is 5.92 Å². The molecule has 1 amide bonds. The Hall–Kier alpha value is -2.25. The van der Waals surface area contributed by atoms with E-state index in [-0.39, 0.29) is 29.9 Å². The first kappa shape index (κ1) is 19.1. The number of halogens is 1. The van der Waals surface area contributed by atoms with Gasteiger partial charge in [0.1, 0.15) is 5.82 Å². The summed E-state index contributed by atoms with van der Waals surface area (Å²) in [5.41, 5.74) is 1.55. The van der Waals surface area contributed by atoms with E-state index in [1.54, 1.807) is 18.5 Å². The zero-order valence-corrected chi connectivity index (χ0v) is 16.3. The maximum Gasteiger partial charge on any atom is 0.254 e. The van der Waals surface area contributed by atoms with Gasteiger partial charge in [-0.15, -0.1) is 12.4 Å². The molecule has 7 nitrogen and oxygen atoms in total. The molecule has 1 saturated carbocycles. The summed E-state index contributed by atoms with van der Waals surface area (Å²) in [6.07, 6.45) is 6.54. The Bertz CT molecular complexity index is 925. The summed E-state index contributed by atoms with van der Waals surface area (Å²) in [7, 11) is 0. The summed E-state index contributed by atoms with van der Waals surface area (Å²) in [5.74, 6) is 1.82. The number of hydrogen-bond donors (Lipinski definition) is 2. The van der Waals surface area contributed by atoms with Crippen LogP contribution in [-0.2, 0) is 0 Å². The Balaban J connectivity index is 0.00000192. The average Bonchev–Trinajstić information content (AvgIpc) is 3.54. The first-order valence-electron chi connectivity index (χ1n) is 9.73. The molecule has 1 aliphatic carbocycles. The van der Waals surface area contributed by atoms with Crippen LogP contribution in [0.4, 0.5) is 0 Å². The Kier molecular flexibility index (Phi) is 5.21. The van der Waals surface area contributed by atoms with Gasteiger partial charge in [-0.2, -0.15) is 0 Å². The highest BCUT2D eigenvalue weighted by atomic mass is 35.5. The minimum Gasteiger partial charge on any atom is -0.350 e. The minimum atomic E-state index is -0.186. The highest BCUT2D eigenvalue weighted by Gasteiger charge is 2.37. The molecule has 2 aromatic rings. The molecule has 3 atom stereocenters. The predicted octanol–water partition coefficient (Wildman–Crippen LogP) is 1.62. The van der Waals surface area contributed by atoms with E-state index in [0.29, 0.717) is 29.9 Å². The first-order chi connectivity index (χ1) is 13.2. The number of nitrogens with zero attached hydrogens (tertiary/aromatic N) is 3. The van der Waals surface area contributed by atoms with Crippen LogP contribution in [0.25, 0.3) is 0 Å². The predicted molar refractivity (Wildman–Crippen MR) is 107 cm³/mol. The summed E-state index contributed by atoms with van der Waals surface area (Å²) >= 11 is 0. The largest absolute Gasteiger partial charge is 0.350 e. The highest BCUT2D eigenvalue weighted by molar-refractivity contribution is 5.93. The van der Waals surface area contributed by atoms with Gasteiger partial charge in [0.2, 0.25) is 0 Å². The van der Waals surface area contributed by atoms with E-state index in [0.717, 1.165) is 43.9 Å². The second-order valence-electron chi connectivity index (χ2n) is 7.89. The van der Waals surface area contributed by atoms with E-state index >= 15 is 0 Å². The number of aromatic nitrogens is 3. The molecule has 8 heteroatoms. The third-order valence-electron chi connectivity index (χ3n) is 6.05. The molecule has 2 aromatic heterocycles. The zero-order chi connectivity index (χ0) is 18.4. The van der Waals surface area contributed by atoms with Gasteiger partial charge < -0.3 is 15.2 Å². The fourth-order valence-corrected chi connectivity index (χ4v) is 4.47. The van der Waals surface area contributed by atoms with Crippen LogP contribution in [0.2, 0.25) is 0 Å². The van der Waals surface area contributed by atoms with Crippen molar-refractivity contribution in [3.05, 3.63) is 58.0 Å². The molecule has 3 aliphatic rings. The Morgan fingerprint density at radius 3 is 2.71 bits per heavy atom. The van der Waals surface area contributed by atoms with Gasteiger partial charge in [-0.1, -0.05) is 6.07 Å². The number of carbonyl (C=O) groups is 1. The fraction of sp³-hybridized carbons (Fsp3) is 0.500. The number of amides is 1. The van der Waals surface area contributed by atoms with E-state index in [2.05, 4.69) is 20.6 Å². The van der Waals surface area contributed by atoms with E-state index in [1.807, 2.05) is 16.7 Å². The van der Waals surface area contributed by atoms with Crippen molar-refractivity contribution in [1.29, 1.82) is 0 Å². The SMILES string of the molecule is Cl.O=C(NC[C@H]1[C@@H]2CNC[C@@H](C2)c2cccc(=O)n21)c1cnc(C2CC2)nc1. The van der Waals surface area contributed by atoms with Gasteiger partial charge in [-0.3, -0.25) is 9.59 Å². The third-order valence-corrected chi connectivity index (χ3v) is 6.05. The van der Waals surface area contributed by atoms with Crippen LogP contribution >= 0.6 is 12.4 Å². The summed E-state index contributed by atoms with van der Waals surface area (Å²) < 4.78 is 1.90. The molecule has 2 fully saturated rings. The van der Waals surface area contributed by atoms with Gasteiger partial charge in [0.05, 0.1) is 11.6 Å². The highest BCUT2D eigenvalue weighted by Crippen LogP contribution is 2.38. The maximum atomic E-state index is 12.6. The van der Waals surface area contributed by atoms with Crippen LogP contribution in [0.5, 0.6) is 0 Å². The van der Waals surface area contributed by atoms with Crippen molar-refractivity contribution in [2.24, 2.45) is 5.92 Å². The Morgan fingerprint density at radius 1 is 1.18 bits per heavy atom. The Labute approximate surface area is 169 Å². The number of piperidine rings is 1. The number of nitrogens with one attached hydrogen (secondary N) is 2. The van der Waals surface area contributed by atoms with Gasteiger partial charge in [-0.25, -0.2) is 9.97 Å². The van der Waals surface area contributed by atoms with Crippen molar-refractivity contribution in [3.63, 3.8) is 0 Å². The summed E-state index contributed by atoms with van der Waals surface area (Å²) in [6.45, 7) is 2.21. The number of fused-ring (bicyclic) bond motifs is 4. The van der Waals surface area contributed by atoms with Gasteiger partial charge in [0, 0.05) is 55.6 Å². The zero-order valence-electron chi connectivity index (χ0n) is 15.5. The first-order valence-corrected chi connectivity index (χ1v) is 9.73. The molecule has 2 aliphatic heterocycles. The van der Waals surface area contributed by atoms with Crippen molar-refractivity contribution in [2.75, 3.05) is 19.6 Å². The number of rotatable bonds is 4. The van der Waals surface area contributed by atoms with E-state index in [9.17, 15) is 9.59 Å². The molecule has 0 spiro atoms. The maximum absolute atomic E-state index is 12.6. The molecule has 0 radical (unpaired) electrons. The molecule has 1 saturated heterocycles. The van der Waals surface area contributed by atoms with Crippen LogP contribution in [0.15, 0.2) is 35.4 Å². The van der Waals surface area contributed by atoms with Crippen LogP contribution in [-0.4, -0.2) is 40.1 Å². The molecular formula is C20H24ClN5O2. The lowest BCUT2D eigenvalue weighted by Crippen LogP contribution is -2.50. The molecule has 2 N–H and O–H groups in total. The standard InChI is InChI=1S/C20H23N5O2.ClH/c26-18-3-1-2-16-13-6-14(8-21-7-13)17(25(16)18)11-24-20(27)15-9-22-19(23-10-15)12-4-5-12;/h1-3,9-10,12-14,17,21H,4-8,11H2,(H,24,27);1H/t13-,14+,17+;/m1./s1. The van der Waals surface area contributed by atoms with Crippen molar-refractivity contribution in [1.82, 2.24) is 25.2 Å². The third kappa shape index (κ3) is 3.44. The lowest BCUT2D eigenvalue weighted by atomic mass is 9.79. The van der Waals surface area contributed by atoms with Gasteiger partial charge in [0.25, 0.3) is 11.5 Å². The minimum absolute atomic E-state index is 0. The topological polar surface area (TPSA) is 88.9 Å². The monoisotopic (exact) mass is 401 g/mol. The smallest absolute Gasteiger partial charge is 0.254 e. The van der Waals surface area contributed by atoms with Gasteiger partial charge in [-0.05, 0) is 31.2 Å². The van der Waals surface area contributed by atoms with E-state index < -0.39 is 0 Å². The second-order valence-corrected chi connectivity index (χ2v) is 7.89. The van der Waals surface area contributed by atoms with Crippen molar-refractivity contribution < 1.29 is 4.79 Å². The summed E-state index contributed by atoms with van der Waals surface area (Å²) in [6, 6.07) is 5.44. The molecule has 148 valence electrons. The van der Waals surface area contributed by atoms with E-state index in [4.69, 9.17) is 0 Å². The van der Waals surface area contributed by atoms with Gasteiger partial charge >= 0.3 is 0 Å². The van der Waals surface area contributed by atoms with Crippen molar-refractivity contribution >= 4 is 18.3 Å². The Morgan fingerprint density at radius 2 is 1.96 bits per heavy atom. The van der Waals surface area contributed by atoms with Crippen molar-refractivity contribution in [3.8, 4) is 0 Å². The van der Waals surface area contributed by atoms with Crippen LogP contribution < -0.4 is 16.2 Å². The molecule has 4 heterocycles. The molecule has 0 aromatic carbocycles. The molecule has 0 unspecified atom stereocenters. The quantitative estimate of drug-likeness (QED) is 0.812. The van der Waals surface area contributed by atoms with Crippen LogP contribution in [0.3, 0.4) is 0 Å². The summed E-state index contributed by atoms with van der Waals surface area (Å²) in [4.78, 5) is 33.7. The number of carbonyl (C=O) groups excluding carboxylic acids is 1. The molecule has 5 rings (SSSR count). The lowest BCUT2D eigenvalue weighted by molar-refractivity contribution is 0.0931. The normalized spacial score (nSPS) is 25.4. The lowest BCUT2D eigenvalue weighted by Gasteiger charge is -2.43. The van der Waals surface area contributed by atoms with Crippen molar-refractivity contribution in [2.45, 2.75) is 37.1 Å².